The molecule has 0 aliphatic carbocycles. The molecule has 0 radical (unpaired) electrons. The summed E-state index contributed by atoms with van der Waals surface area (Å²) >= 11 is 7.67. The Kier molecular flexibility index (Phi) is 7.81. The number of amides is 1. The molecule has 0 saturated heterocycles. The van der Waals surface area contributed by atoms with Crippen LogP contribution in [0, 0.1) is 0 Å². The van der Waals surface area contributed by atoms with Gasteiger partial charge in [0.25, 0.3) is 0 Å². The van der Waals surface area contributed by atoms with Crippen LogP contribution >= 0.6 is 23.5 Å². The smallest absolute Gasteiger partial charge is 0.228 e. The highest BCUT2D eigenvalue weighted by Crippen LogP contribution is 2.34. The summed E-state index contributed by atoms with van der Waals surface area (Å²) in [6, 6.07) is 12.1. The lowest BCUT2D eigenvalue weighted by atomic mass is 9.98. The lowest BCUT2D eigenvalue weighted by Gasteiger charge is -2.33. The molecule has 2 aromatic carbocycles. The van der Waals surface area contributed by atoms with Crippen LogP contribution in [0.1, 0.15) is 30.5 Å². The van der Waals surface area contributed by atoms with E-state index in [4.69, 9.17) is 11.6 Å². The average molecular weight is 445 g/mol. The molecule has 0 fully saturated rings. The van der Waals surface area contributed by atoms with E-state index in [1.54, 1.807) is 12.4 Å². The van der Waals surface area contributed by atoms with Crippen molar-refractivity contribution in [2.24, 2.45) is 4.40 Å². The van der Waals surface area contributed by atoms with Crippen molar-refractivity contribution in [3.63, 3.8) is 0 Å². The van der Waals surface area contributed by atoms with E-state index in [9.17, 15) is 4.79 Å². The van der Waals surface area contributed by atoms with Crippen LogP contribution in [-0.2, 0) is 24.2 Å². The summed E-state index contributed by atoms with van der Waals surface area (Å²) in [7, 11) is 3.90. The molecule has 5 nitrogen and oxygen atoms in total. The molecule has 0 saturated carbocycles. The summed E-state index contributed by atoms with van der Waals surface area (Å²) in [6.07, 6.45) is 3.03. The van der Waals surface area contributed by atoms with Gasteiger partial charge in [0.1, 0.15) is 0 Å². The number of hydrogen-bond donors (Lipinski definition) is 1. The van der Waals surface area contributed by atoms with E-state index in [0.717, 1.165) is 35.7 Å². The van der Waals surface area contributed by atoms with E-state index < -0.39 is 0 Å². The Morgan fingerprint density at radius 1 is 1.33 bits per heavy atom. The second-order valence-electron chi connectivity index (χ2n) is 8.02. The first-order valence-electron chi connectivity index (χ1n) is 10.1. The van der Waals surface area contributed by atoms with E-state index in [1.807, 2.05) is 43.3 Å². The molecule has 0 spiro atoms. The summed E-state index contributed by atoms with van der Waals surface area (Å²) < 4.78 is 4.48. The highest BCUT2D eigenvalue weighted by molar-refractivity contribution is 7.98. The van der Waals surface area contributed by atoms with Crippen LogP contribution < -0.4 is 5.32 Å². The fourth-order valence-corrected chi connectivity index (χ4v) is 4.54. The minimum atomic E-state index is -0.0766. The number of nitrogens with one attached hydrogen (secondary N) is 1. The van der Waals surface area contributed by atoms with E-state index >= 15 is 0 Å². The second kappa shape index (κ2) is 10.3. The average Bonchev–Trinajstić information content (AvgIpc) is 2.69. The van der Waals surface area contributed by atoms with Crippen molar-refractivity contribution >= 4 is 41.5 Å². The minimum absolute atomic E-state index is 0.0766. The third-order valence-electron chi connectivity index (χ3n) is 5.08. The number of hydrogen-bond acceptors (Lipinski definition) is 4. The summed E-state index contributed by atoms with van der Waals surface area (Å²) in [4.78, 5) is 18.1. The minimum Gasteiger partial charge on any atom is -0.368 e. The van der Waals surface area contributed by atoms with Crippen LogP contribution in [0.3, 0.4) is 0 Å². The van der Waals surface area contributed by atoms with E-state index in [0.29, 0.717) is 11.1 Å². The summed E-state index contributed by atoms with van der Waals surface area (Å²) in [6.45, 7) is 6.36. The van der Waals surface area contributed by atoms with Crippen molar-refractivity contribution in [2.75, 3.05) is 26.0 Å². The second-order valence-corrected chi connectivity index (χ2v) is 9.26. The van der Waals surface area contributed by atoms with Gasteiger partial charge in [0, 0.05) is 60.8 Å². The quantitative estimate of drug-likeness (QED) is 0.375. The maximum Gasteiger partial charge on any atom is 0.228 e. The van der Waals surface area contributed by atoms with Gasteiger partial charge in [0.15, 0.2) is 0 Å². The molecule has 1 N–H and O–H groups in total. The molecule has 2 aromatic rings. The van der Waals surface area contributed by atoms with Crippen LogP contribution in [0.5, 0.6) is 0 Å². The van der Waals surface area contributed by atoms with Gasteiger partial charge in [0.05, 0.1) is 12.8 Å². The zero-order chi connectivity index (χ0) is 21.7. The fraction of sp³-hybridized carbons (Fsp3) is 0.391. The molecular weight excluding hydrogens is 416 g/mol. The monoisotopic (exact) mass is 444 g/mol. The lowest BCUT2D eigenvalue weighted by molar-refractivity contribution is -0.115. The zero-order valence-electron chi connectivity index (χ0n) is 18.0. The van der Waals surface area contributed by atoms with Gasteiger partial charge in [0.2, 0.25) is 5.91 Å². The largest absolute Gasteiger partial charge is 0.368 e. The number of carbonyl (C=O) groups excluding carboxylic acids is 1. The van der Waals surface area contributed by atoms with Gasteiger partial charge >= 0.3 is 0 Å². The molecule has 0 atom stereocenters. The predicted molar refractivity (Wildman–Crippen MR) is 128 cm³/mol. The molecule has 1 aliphatic rings. The SMILES string of the molecule is CC(C)N1CCc2c(cc(NC(=O)Cc3ccccc3Cl)cc2S/N=C/N(C)C)C1. The molecule has 7 heteroatoms. The number of nitrogens with zero attached hydrogens (tertiary/aromatic N) is 3. The normalized spacial score (nSPS) is 14.2. The van der Waals surface area contributed by atoms with Crippen molar-refractivity contribution < 1.29 is 4.79 Å². The molecule has 3 rings (SSSR count). The molecule has 160 valence electrons. The first-order valence-corrected chi connectivity index (χ1v) is 11.3. The zero-order valence-corrected chi connectivity index (χ0v) is 19.6. The van der Waals surface area contributed by atoms with Crippen LogP contribution in [0.15, 0.2) is 45.7 Å². The standard InChI is InChI=1S/C23H29ClN4OS/c1-16(2)28-10-9-20-18(14-28)11-19(13-22(20)30-25-15-27(3)4)26-23(29)12-17-7-5-6-8-21(17)24/h5-8,11,13,15-16H,9-10,12,14H2,1-4H3,(H,26,29)/b25-15+. The molecule has 1 heterocycles. The Hall–Kier alpha value is -2.02. The number of carbonyl (C=O) groups is 1. The number of anilines is 1. The molecule has 30 heavy (non-hydrogen) atoms. The molecule has 1 aliphatic heterocycles. The van der Waals surface area contributed by atoms with Crippen molar-refractivity contribution in [1.82, 2.24) is 9.80 Å². The molecular formula is C23H29ClN4OS. The van der Waals surface area contributed by atoms with Gasteiger partial charge in [-0.15, -0.1) is 0 Å². The Morgan fingerprint density at radius 3 is 2.80 bits per heavy atom. The van der Waals surface area contributed by atoms with Gasteiger partial charge in [-0.3, -0.25) is 9.69 Å². The van der Waals surface area contributed by atoms with Crippen LogP contribution in [0.25, 0.3) is 0 Å². The summed E-state index contributed by atoms with van der Waals surface area (Å²) in [5.41, 5.74) is 4.22. The fourth-order valence-electron chi connectivity index (χ4n) is 3.47. The predicted octanol–water partition coefficient (Wildman–Crippen LogP) is 4.88. The number of halogens is 1. The first kappa shape index (κ1) is 22.7. The van der Waals surface area contributed by atoms with Gasteiger partial charge < -0.3 is 10.2 Å². The topological polar surface area (TPSA) is 47.9 Å². The maximum absolute atomic E-state index is 12.7. The van der Waals surface area contributed by atoms with E-state index in [-0.39, 0.29) is 12.3 Å². The van der Waals surface area contributed by atoms with Crippen LogP contribution in [0.4, 0.5) is 5.69 Å². The summed E-state index contributed by atoms with van der Waals surface area (Å²) in [5, 5.41) is 3.67. The first-order chi connectivity index (χ1) is 14.3. The Bertz CT molecular complexity index is 929. The van der Waals surface area contributed by atoms with Gasteiger partial charge in [-0.2, -0.15) is 0 Å². The molecule has 0 aromatic heterocycles. The van der Waals surface area contributed by atoms with Gasteiger partial charge in [-0.25, -0.2) is 4.40 Å². The third kappa shape index (κ3) is 6.00. The van der Waals surface area contributed by atoms with Crippen molar-refractivity contribution in [1.29, 1.82) is 0 Å². The number of fused-ring (bicyclic) bond motifs is 1. The van der Waals surface area contributed by atoms with Crippen LogP contribution in [0.2, 0.25) is 5.02 Å². The molecule has 0 bridgehead atoms. The Balaban J connectivity index is 1.83. The maximum atomic E-state index is 12.7. The van der Waals surface area contributed by atoms with Crippen molar-refractivity contribution in [3.05, 3.63) is 58.1 Å². The highest BCUT2D eigenvalue weighted by Gasteiger charge is 2.22. The highest BCUT2D eigenvalue weighted by atomic mass is 35.5. The van der Waals surface area contributed by atoms with Gasteiger partial charge in [-0.1, -0.05) is 29.8 Å². The third-order valence-corrected chi connectivity index (χ3v) is 6.21. The Morgan fingerprint density at radius 2 is 2.10 bits per heavy atom. The van der Waals surface area contributed by atoms with Crippen molar-refractivity contribution in [3.8, 4) is 0 Å². The molecule has 1 amide bonds. The van der Waals surface area contributed by atoms with Gasteiger partial charge in [-0.05, 0) is 55.2 Å². The number of benzene rings is 2. The number of rotatable bonds is 7. The van der Waals surface area contributed by atoms with Crippen LogP contribution in [-0.4, -0.2) is 48.7 Å². The van der Waals surface area contributed by atoms with E-state index in [1.165, 1.54) is 23.1 Å². The lowest BCUT2D eigenvalue weighted by Crippen LogP contribution is -2.36. The summed E-state index contributed by atoms with van der Waals surface area (Å²) in [5.74, 6) is -0.0766. The van der Waals surface area contributed by atoms with Crippen molar-refractivity contribution in [2.45, 2.75) is 44.2 Å². The molecule has 0 unspecified atom stereocenters. The van der Waals surface area contributed by atoms with E-state index in [2.05, 4.69) is 34.5 Å². The Labute approximate surface area is 188 Å².